The number of benzene rings is 2. The summed E-state index contributed by atoms with van der Waals surface area (Å²) in [5.41, 5.74) is 0.849. The standard InChI is InChI=1S/C22H23ClN4O2/c1-2-17(14-27-20(28)18-6-3-4-7-19(18)25-26-27)24-21(29)22(12-5-13-22)15-8-10-16(23)11-9-15/h3-4,6-11,17H,2,5,12-14H2,1H3,(H,24,29)/t17-/m1/s1. The molecular formula is C22H23ClN4O2. The fourth-order valence-corrected chi connectivity index (χ4v) is 4.02. The van der Waals surface area contributed by atoms with E-state index < -0.39 is 5.41 Å². The number of aromatic nitrogens is 3. The summed E-state index contributed by atoms with van der Waals surface area (Å²) in [6, 6.07) is 14.4. The number of nitrogens with zero attached hydrogens (tertiary/aromatic N) is 3. The van der Waals surface area contributed by atoms with E-state index in [9.17, 15) is 9.59 Å². The van der Waals surface area contributed by atoms with Gasteiger partial charge in [-0.05, 0) is 49.1 Å². The molecule has 1 fully saturated rings. The summed E-state index contributed by atoms with van der Waals surface area (Å²) in [5.74, 6) is -0.000259. The highest BCUT2D eigenvalue weighted by Gasteiger charge is 2.46. The lowest BCUT2D eigenvalue weighted by Crippen LogP contribution is -2.53. The van der Waals surface area contributed by atoms with E-state index in [0.29, 0.717) is 22.3 Å². The first-order valence-electron chi connectivity index (χ1n) is 9.93. The number of amides is 1. The molecule has 0 bridgehead atoms. The van der Waals surface area contributed by atoms with Gasteiger partial charge in [0.1, 0.15) is 5.52 Å². The van der Waals surface area contributed by atoms with Crippen LogP contribution < -0.4 is 10.9 Å². The zero-order chi connectivity index (χ0) is 20.4. The van der Waals surface area contributed by atoms with Crippen LogP contribution in [0.25, 0.3) is 10.9 Å². The molecule has 3 aromatic rings. The van der Waals surface area contributed by atoms with Crippen LogP contribution >= 0.6 is 11.6 Å². The summed E-state index contributed by atoms with van der Waals surface area (Å²) in [5, 5.41) is 12.5. The Balaban J connectivity index is 1.54. The lowest BCUT2D eigenvalue weighted by Gasteiger charge is -2.41. The molecule has 0 radical (unpaired) electrons. The van der Waals surface area contributed by atoms with Crippen molar-refractivity contribution in [3.63, 3.8) is 0 Å². The second-order valence-corrected chi connectivity index (χ2v) is 8.05. The van der Waals surface area contributed by atoms with Crippen molar-refractivity contribution < 1.29 is 4.79 Å². The van der Waals surface area contributed by atoms with Crippen molar-refractivity contribution in [2.45, 2.75) is 50.6 Å². The molecule has 0 aliphatic heterocycles. The molecule has 2 aromatic carbocycles. The Kier molecular flexibility index (Phi) is 5.37. The molecule has 7 heteroatoms. The molecule has 1 aliphatic carbocycles. The Labute approximate surface area is 173 Å². The van der Waals surface area contributed by atoms with Crippen molar-refractivity contribution in [3.8, 4) is 0 Å². The minimum atomic E-state index is -0.516. The van der Waals surface area contributed by atoms with Crippen molar-refractivity contribution in [2.75, 3.05) is 0 Å². The van der Waals surface area contributed by atoms with Crippen LogP contribution in [0.15, 0.2) is 53.3 Å². The maximum atomic E-state index is 13.2. The van der Waals surface area contributed by atoms with E-state index >= 15 is 0 Å². The van der Waals surface area contributed by atoms with Crippen molar-refractivity contribution >= 4 is 28.4 Å². The van der Waals surface area contributed by atoms with Crippen molar-refractivity contribution in [3.05, 3.63) is 69.5 Å². The number of fused-ring (bicyclic) bond motifs is 1. The number of nitrogens with one attached hydrogen (secondary N) is 1. The summed E-state index contributed by atoms with van der Waals surface area (Å²) < 4.78 is 1.34. The zero-order valence-corrected chi connectivity index (χ0v) is 17.0. The van der Waals surface area contributed by atoms with Gasteiger partial charge >= 0.3 is 0 Å². The van der Waals surface area contributed by atoms with Crippen LogP contribution in [0.1, 0.15) is 38.2 Å². The van der Waals surface area contributed by atoms with E-state index in [1.165, 1.54) is 4.68 Å². The largest absolute Gasteiger partial charge is 0.351 e. The molecule has 0 unspecified atom stereocenters. The smallest absolute Gasteiger partial charge is 0.277 e. The van der Waals surface area contributed by atoms with Gasteiger partial charge in [-0.25, -0.2) is 4.68 Å². The van der Waals surface area contributed by atoms with Gasteiger partial charge in [-0.15, -0.1) is 5.10 Å². The fraction of sp³-hybridized carbons (Fsp3) is 0.364. The molecule has 1 aromatic heterocycles. The number of carbonyl (C=O) groups is 1. The zero-order valence-electron chi connectivity index (χ0n) is 16.3. The highest BCUT2D eigenvalue weighted by molar-refractivity contribution is 6.30. The molecule has 0 saturated heterocycles. The van der Waals surface area contributed by atoms with Gasteiger partial charge in [0.25, 0.3) is 5.56 Å². The van der Waals surface area contributed by atoms with Gasteiger partial charge in [-0.2, -0.15) is 0 Å². The van der Waals surface area contributed by atoms with Gasteiger partial charge in [-0.3, -0.25) is 9.59 Å². The normalized spacial score (nSPS) is 16.2. The molecule has 1 amide bonds. The Morgan fingerprint density at radius 3 is 2.59 bits per heavy atom. The van der Waals surface area contributed by atoms with Gasteiger partial charge < -0.3 is 5.32 Å². The van der Waals surface area contributed by atoms with E-state index in [1.807, 2.05) is 37.3 Å². The van der Waals surface area contributed by atoms with Gasteiger partial charge in [0, 0.05) is 11.1 Å². The summed E-state index contributed by atoms with van der Waals surface area (Å²) in [4.78, 5) is 25.9. The van der Waals surface area contributed by atoms with Crippen LogP contribution in [-0.4, -0.2) is 26.9 Å². The Hall–Kier alpha value is -2.73. The summed E-state index contributed by atoms with van der Waals surface area (Å²) in [6.07, 6.45) is 3.32. The van der Waals surface area contributed by atoms with E-state index in [4.69, 9.17) is 11.6 Å². The predicted octanol–water partition coefficient (Wildman–Crippen LogP) is 3.46. The molecular weight excluding hydrogens is 388 g/mol. The first kappa shape index (κ1) is 19.6. The molecule has 1 heterocycles. The molecule has 1 N–H and O–H groups in total. The van der Waals surface area contributed by atoms with Crippen LogP contribution in [0.2, 0.25) is 5.02 Å². The predicted molar refractivity (Wildman–Crippen MR) is 113 cm³/mol. The molecule has 0 spiro atoms. The maximum absolute atomic E-state index is 13.2. The van der Waals surface area contributed by atoms with Crippen LogP contribution in [0.3, 0.4) is 0 Å². The van der Waals surface area contributed by atoms with Crippen molar-refractivity contribution in [1.29, 1.82) is 0 Å². The number of hydrogen-bond acceptors (Lipinski definition) is 4. The van der Waals surface area contributed by atoms with E-state index in [2.05, 4.69) is 15.6 Å². The third-order valence-electron chi connectivity index (χ3n) is 5.89. The maximum Gasteiger partial charge on any atom is 0.277 e. The molecule has 1 saturated carbocycles. The average Bonchev–Trinajstić information content (AvgIpc) is 2.70. The first-order chi connectivity index (χ1) is 14.0. The Bertz CT molecular complexity index is 1090. The summed E-state index contributed by atoms with van der Waals surface area (Å²) >= 11 is 6.01. The number of halogens is 1. The van der Waals surface area contributed by atoms with Crippen molar-refractivity contribution in [1.82, 2.24) is 20.3 Å². The minimum Gasteiger partial charge on any atom is -0.351 e. The highest BCUT2D eigenvalue weighted by Crippen LogP contribution is 2.44. The fourth-order valence-electron chi connectivity index (χ4n) is 3.90. The van der Waals surface area contributed by atoms with Gasteiger partial charge in [-0.1, -0.05) is 54.4 Å². The monoisotopic (exact) mass is 410 g/mol. The van der Waals surface area contributed by atoms with Gasteiger partial charge in [0.2, 0.25) is 5.91 Å². The molecule has 1 atom stereocenters. The minimum absolute atomic E-state index is 0.000259. The molecule has 4 rings (SSSR count). The Morgan fingerprint density at radius 2 is 1.93 bits per heavy atom. The highest BCUT2D eigenvalue weighted by atomic mass is 35.5. The Morgan fingerprint density at radius 1 is 1.21 bits per heavy atom. The lowest BCUT2D eigenvalue weighted by molar-refractivity contribution is -0.130. The van der Waals surface area contributed by atoms with E-state index in [-0.39, 0.29) is 24.1 Å². The van der Waals surface area contributed by atoms with E-state index in [1.54, 1.807) is 18.2 Å². The van der Waals surface area contributed by atoms with Crippen LogP contribution in [0.5, 0.6) is 0 Å². The SMILES string of the molecule is CC[C@H](Cn1nnc2ccccc2c1=O)NC(=O)C1(c2ccc(Cl)cc2)CCC1. The second-order valence-electron chi connectivity index (χ2n) is 7.62. The summed E-state index contributed by atoms with van der Waals surface area (Å²) in [7, 11) is 0. The van der Waals surface area contributed by atoms with Gasteiger partial charge in [0.05, 0.1) is 17.3 Å². The van der Waals surface area contributed by atoms with Crippen LogP contribution in [-0.2, 0) is 16.8 Å². The quantitative estimate of drug-likeness (QED) is 0.675. The molecule has 6 nitrogen and oxygen atoms in total. The average molecular weight is 411 g/mol. The number of hydrogen-bond donors (Lipinski definition) is 1. The topological polar surface area (TPSA) is 76.9 Å². The lowest BCUT2D eigenvalue weighted by atomic mass is 9.63. The molecule has 29 heavy (non-hydrogen) atoms. The van der Waals surface area contributed by atoms with E-state index in [0.717, 1.165) is 24.8 Å². The van der Waals surface area contributed by atoms with Crippen LogP contribution in [0.4, 0.5) is 0 Å². The van der Waals surface area contributed by atoms with Gasteiger partial charge in [0.15, 0.2) is 0 Å². The third kappa shape index (κ3) is 3.65. The first-order valence-corrected chi connectivity index (χ1v) is 10.3. The van der Waals surface area contributed by atoms with Crippen molar-refractivity contribution in [2.24, 2.45) is 0 Å². The number of rotatable bonds is 6. The number of carbonyl (C=O) groups excluding carboxylic acids is 1. The third-order valence-corrected chi connectivity index (χ3v) is 6.14. The second kappa shape index (κ2) is 7.95. The molecule has 150 valence electrons. The van der Waals surface area contributed by atoms with Crippen LogP contribution in [0, 0.1) is 0 Å². The molecule has 1 aliphatic rings. The summed E-state index contributed by atoms with van der Waals surface area (Å²) in [6.45, 7) is 2.27.